The fourth-order valence-electron chi connectivity index (χ4n) is 2.83. The summed E-state index contributed by atoms with van der Waals surface area (Å²) in [6.07, 6.45) is 2.40. The van der Waals surface area contributed by atoms with Gasteiger partial charge < -0.3 is 4.57 Å². The van der Waals surface area contributed by atoms with Crippen LogP contribution in [0.4, 0.5) is 0 Å². The van der Waals surface area contributed by atoms with Gasteiger partial charge >= 0.3 is 0 Å². The highest BCUT2D eigenvalue weighted by atomic mass is 32.2. The summed E-state index contributed by atoms with van der Waals surface area (Å²) < 4.78 is 1.81. The van der Waals surface area contributed by atoms with Gasteiger partial charge in [0.05, 0.1) is 5.69 Å². The van der Waals surface area contributed by atoms with Crippen LogP contribution in [-0.2, 0) is 19.4 Å². The number of aromatic nitrogens is 2. The van der Waals surface area contributed by atoms with E-state index in [1.165, 1.54) is 0 Å². The highest BCUT2D eigenvalue weighted by Crippen LogP contribution is 2.28. The molecule has 120 valence electrons. The highest BCUT2D eigenvalue weighted by molar-refractivity contribution is 8.14. The molecule has 1 aromatic heterocycles. The molecule has 0 saturated heterocycles. The average Bonchev–Trinajstić information content (AvgIpc) is 3.02. The minimum absolute atomic E-state index is 0.0164. The molecule has 23 heavy (non-hydrogen) atoms. The molecule has 3 rings (SSSR count). The molecule has 0 amide bonds. The van der Waals surface area contributed by atoms with E-state index in [-0.39, 0.29) is 10.7 Å². The van der Waals surface area contributed by atoms with Crippen molar-refractivity contribution in [2.75, 3.05) is 0 Å². The fourth-order valence-corrected chi connectivity index (χ4v) is 3.75. The molecule has 0 radical (unpaired) electrons. The van der Waals surface area contributed by atoms with E-state index in [2.05, 4.69) is 18.8 Å². The zero-order valence-electron chi connectivity index (χ0n) is 13.4. The Labute approximate surface area is 139 Å². The molecule has 2 heterocycles. The maximum Gasteiger partial charge on any atom is 0.272 e. The summed E-state index contributed by atoms with van der Waals surface area (Å²) >= 11 is 1.14. The summed E-state index contributed by atoms with van der Waals surface area (Å²) in [6, 6.07) is 9.20. The van der Waals surface area contributed by atoms with Crippen molar-refractivity contribution < 1.29 is 4.79 Å². The Hall–Kier alpha value is -1.88. The van der Waals surface area contributed by atoms with Gasteiger partial charge in [0.2, 0.25) is 5.12 Å². The Morgan fingerprint density at radius 2 is 2.04 bits per heavy atom. The van der Waals surface area contributed by atoms with Gasteiger partial charge in [0.15, 0.2) is 0 Å². The molecule has 0 aliphatic carbocycles. The number of thioether (sulfide) groups is 1. The molecular weight excluding hydrogens is 308 g/mol. The fraction of sp³-hybridized carbons (Fsp3) is 0.389. The molecule has 5 heteroatoms. The van der Waals surface area contributed by atoms with Crippen molar-refractivity contribution in [3.8, 4) is 0 Å². The number of benzene rings is 1. The lowest BCUT2D eigenvalue weighted by atomic mass is 10.1. The average molecular weight is 328 g/mol. The summed E-state index contributed by atoms with van der Waals surface area (Å²) in [4.78, 5) is 29.5. The molecule has 1 aliphatic rings. The van der Waals surface area contributed by atoms with Crippen molar-refractivity contribution in [3.05, 3.63) is 57.6 Å². The van der Waals surface area contributed by atoms with Crippen LogP contribution in [0.2, 0.25) is 0 Å². The molecule has 1 aromatic carbocycles. The first-order valence-corrected chi connectivity index (χ1v) is 8.77. The SMILES string of the molecule is CC(C)Cc1nc(SC(=O)c2ccccc2)c2n(c1=O)CCC2. The monoisotopic (exact) mass is 328 g/mol. The van der Waals surface area contributed by atoms with Gasteiger partial charge in [-0.15, -0.1) is 0 Å². The highest BCUT2D eigenvalue weighted by Gasteiger charge is 2.23. The van der Waals surface area contributed by atoms with E-state index in [1.807, 2.05) is 22.8 Å². The van der Waals surface area contributed by atoms with Gasteiger partial charge in [0.1, 0.15) is 10.7 Å². The van der Waals surface area contributed by atoms with Crippen molar-refractivity contribution >= 4 is 16.9 Å². The summed E-state index contributed by atoms with van der Waals surface area (Å²) in [5, 5.41) is 0.675. The van der Waals surface area contributed by atoms with Crippen molar-refractivity contribution in [2.24, 2.45) is 5.92 Å². The molecule has 4 nitrogen and oxygen atoms in total. The van der Waals surface area contributed by atoms with Crippen LogP contribution in [0.25, 0.3) is 0 Å². The number of carbonyl (C=O) groups excluding carboxylic acids is 1. The van der Waals surface area contributed by atoms with Crippen molar-refractivity contribution in [1.29, 1.82) is 0 Å². The van der Waals surface area contributed by atoms with Crippen LogP contribution in [0.1, 0.15) is 42.0 Å². The van der Waals surface area contributed by atoms with Crippen LogP contribution >= 0.6 is 11.8 Å². The lowest BCUT2D eigenvalue weighted by Crippen LogP contribution is -2.27. The summed E-state index contributed by atoms with van der Waals surface area (Å²) in [6.45, 7) is 4.87. The second kappa shape index (κ2) is 6.71. The van der Waals surface area contributed by atoms with Crippen LogP contribution in [0.3, 0.4) is 0 Å². The molecule has 0 atom stereocenters. The summed E-state index contributed by atoms with van der Waals surface area (Å²) in [5.74, 6) is 0.359. The van der Waals surface area contributed by atoms with Crippen molar-refractivity contribution in [3.63, 3.8) is 0 Å². The minimum Gasteiger partial charge on any atom is -0.308 e. The number of fused-ring (bicyclic) bond motifs is 1. The number of hydrogen-bond donors (Lipinski definition) is 0. The quantitative estimate of drug-likeness (QED) is 0.808. The van der Waals surface area contributed by atoms with E-state index in [1.54, 1.807) is 12.1 Å². The first kappa shape index (κ1) is 16.0. The van der Waals surface area contributed by atoms with Crippen LogP contribution < -0.4 is 5.56 Å². The number of carbonyl (C=O) groups is 1. The second-order valence-electron chi connectivity index (χ2n) is 6.22. The summed E-state index contributed by atoms with van der Waals surface area (Å²) in [7, 11) is 0. The Morgan fingerprint density at radius 3 is 2.74 bits per heavy atom. The molecule has 0 saturated carbocycles. The van der Waals surface area contributed by atoms with Gasteiger partial charge in [-0.3, -0.25) is 9.59 Å². The Bertz CT molecular complexity index is 782. The first-order valence-electron chi connectivity index (χ1n) is 7.96. The second-order valence-corrected chi connectivity index (χ2v) is 7.19. The van der Waals surface area contributed by atoms with Crippen LogP contribution in [-0.4, -0.2) is 14.7 Å². The first-order chi connectivity index (χ1) is 11.1. The molecule has 1 aliphatic heterocycles. The largest absolute Gasteiger partial charge is 0.308 e. The van der Waals surface area contributed by atoms with Gasteiger partial charge in [0, 0.05) is 12.1 Å². The molecule has 2 aromatic rings. The molecule has 0 bridgehead atoms. The van der Waals surface area contributed by atoms with E-state index in [0.717, 1.165) is 36.8 Å². The lowest BCUT2D eigenvalue weighted by Gasteiger charge is -2.12. The standard InChI is InChI=1S/C18H20N2O2S/c1-12(2)11-14-17(21)20-10-6-9-15(20)16(19-14)23-18(22)13-7-4-3-5-8-13/h3-5,7-8,12H,6,9-11H2,1-2H3. The van der Waals surface area contributed by atoms with Gasteiger partial charge in [-0.05, 0) is 36.9 Å². The van der Waals surface area contributed by atoms with E-state index < -0.39 is 0 Å². The normalized spacial score (nSPS) is 13.3. The van der Waals surface area contributed by atoms with E-state index >= 15 is 0 Å². The molecule has 0 unspecified atom stereocenters. The van der Waals surface area contributed by atoms with Crippen molar-refractivity contribution in [1.82, 2.24) is 9.55 Å². The summed E-state index contributed by atoms with van der Waals surface area (Å²) in [5.41, 5.74) is 2.17. The molecule has 0 spiro atoms. The Morgan fingerprint density at radius 1 is 1.30 bits per heavy atom. The third kappa shape index (κ3) is 3.39. The molecule has 0 N–H and O–H groups in total. The number of hydrogen-bond acceptors (Lipinski definition) is 4. The molecule has 0 fully saturated rings. The van der Waals surface area contributed by atoms with Crippen LogP contribution in [0.15, 0.2) is 40.2 Å². The van der Waals surface area contributed by atoms with E-state index in [0.29, 0.717) is 28.6 Å². The minimum atomic E-state index is -0.0260. The Kier molecular flexibility index (Phi) is 4.66. The topological polar surface area (TPSA) is 52.0 Å². The van der Waals surface area contributed by atoms with E-state index in [9.17, 15) is 9.59 Å². The number of nitrogens with zero attached hydrogens (tertiary/aromatic N) is 2. The Balaban J connectivity index is 1.97. The predicted octanol–water partition coefficient (Wildman–Crippen LogP) is 3.32. The molecular formula is C18H20N2O2S. The van der Waals surface area contributed by atoms with Crippen LogP contribution in [0.5, 0.6) is 0 Å². The van der Waals surface area contributed by atoms with Gasteiger partial charge in [-0.1, -0.05) is 44.2 Å². The van der Waals surface area contributed by atoms with Crippen LogP contribution in [0, 0.1) is 5.92 Å². The maximum atomic E-state index is 12.5. The number of rotatable bonds is 4. The maximum absolute atomic E-state index is 12.5. The third-order valence-electron chi connectivity index (χ3n) is 3.90. The predicted molar refractivity (Wildman–Crippen MR) is 92.0 cm³/mol. The van der Waals surface area contributed by atoms with Crippen molar-refractivity contribution in [2.45, 2.75) is 44.7 Å². The zero-order valence-corrected chi connectivity index (χ0v) is 14.2. The third-order valence-corrected chi connectivity index (χ3v) is 4.84. The van der Waals surface area contributed by atoms with Gasteiger partial charge in [0.25, 0.3) is 5.56 Å². The smallest absolute Gasteiger partial charge is 0.272 e. The zero-order chi connectivity index (χ0) is 16.4. The van der Waals surface area contributed by atoms with Gasteiger partial charge in [-0.25, -0.2) is 4.98 Å². The van der Waals surface area contributed by atoms with E-state index in [4.69, 9.17) is 0 Å². The lowest BCUT2D eigenvalue weighted by molar-refractivity contribution is 0.108. The van der Waals surface area contributed by atoms with Gasteiger partial charge in [-0.2, -0.15) is 0 Å².